The maximum Gasteiger partial charge on any atom is 0.238 e. The standard InChI is InChI=1S/C19H31N3O2/c1-2-24-15-9-12-20-16-19(23)21-17-10-5-6-11-18(17)22-13-7-3-4-8-14-22/h5-6,10-11,20H,2-4,7-9,12-16H2,1H3,(H,21,23). The second-order valence-corrected chi connectivity index (χ2v) is 6.19. The smallest absolute Gasteiger partial charge is 0.238 e. The third-order valence-corrected chi connectivity index (χ3v) is 4.26. The lowest BCUT2D eigenvalue weighted by molar-refractivity contribution is -0.115. The van der Waals surface area contributed by atoms with Crippen LogP contribution in [0, 0.1) is 0 Å². The van der Waals surface area contributed by atoms with E-state index in [4.69, 9.17) is 4.74 Å². The molecule has 1 heterocycles. The van der Waals surface area contributed by atoms with Crippen LogP contribution in [0.2, 0.25) is 0 Å². The first-order valence-electron chi connectivity index (χ1n) is 9.23. The summed E-state index contributed by atoms with van der Waals surface area (Å²) >= 11 is 0. The van der Waals surface area contributed by atoms with E-state index in [9.17, 15) is 4.79 Å². The normalized spacial score (nSPS) is 15.1. The molecule has 24 heavy (non-hydrogen) atoms. The highest BCUT2D eigenvalue weighted by molar-refractivity contribution is 5.95. The Morgan fingerprint density at radius 3 is 2.67 bits per heavy atom. The summed E-state index contributed by atoms with van der Waals surface area (Å²) in [6.07, 6.45) is 5.98. The van der Waals surface area contributed by atoms with E-state index in [2.05, 4.69) is 21.6 Å². The van der Waals surface area contributed by atoms with E-state index >= 15 is 0 Å². The molecule has 5 nitrogen and oxygen atoms in total. The number of benzene rings is 1. The molecule has 1 fully saturated rings. The molecular formula is C19H31N3O2. The Morgan fingerprint density at radius 2 is 1.92 bits per heavy atom. The molecule has 0 aliphatic carbocycles. The number of para-hydroxylation sites is 2. The minimum absolute atomic E-state index is 0.00804. The second kappa shape index (κ2) is 11.0. The van der Waals surface area contributed by atoms with Gasteiger partial charge in [-0.1, -0.05) is 25.0 Å². The van der Waals surface area contributed by atoms with Crippen LogP contribution in [0.5, 0.6) is 0 Å². The lowest BCUT2D eigenvalue weighted by Crippen LogP contribution is -2.30. The Balaban J connectivity index is 1.82. The Hall–Kier alpha value is -1.59. The van der Waals surface area contributed by atoms with Gasteiger partial charge in [0, 0.05) is 26.3 Å². The summed E-state index contributed by atoms with van der Waals surface area (Å²) in [5, 5.41) is 6.22. The molecule has 0 aromatic heterocycles. The number of ether oxygens (including phenoxy) is 1. The van der Waals surface area contributed by atoms with Crippen LogP contribution in [0.4, 0.5) is 11.4 Å². The van der Waals surface area contributed by atoms with Crippen LogP contribution in [-0.4, -0.2) is 45.3 Å². The lowest BCUT2D eigenvalue weighted by atomic mass is 10.2. The van der Waals surface area contributed by atoms with Gasteiger partial charge in [-0.15, -0.1) is 0 Å². The van der Waals surface area contributed by atoms with Crippen molar-refractivity contribution < 1.29 is 9.53 Å². The van der Waals surface area contributed by atoms with Gasteiger partial charge in [-0.2, -0.15) is 0 Å². The number of amides is 1. The van der Waals surface area contributed by atoms with Gasteiger partial charge in [-0.3, -0.25) is 4.79 Å². The zero-order valence-corrected chi connectivity index (χ0v) is 14.9. The van der Waals surface area contributed by atoms with Gasteiger partial charge in [0.1, 0.15) is 0 Å². The fourth-order valence-electron chi connectivity index (χ4n) is 3.01. The monoisotopic (exact) mass is 333 g/mol. The minimum Gasteiger partial charge on any atom is -0.382 e. The SMILES string of the molecule is CCOCCCNCC(=O)Nc1ccccc1N1CCCCCC1. The summed E-state index contributed by atoms with van der Waals surface area (Å²) in [6, 6.07) is 8.12. The van der Waals surface area contributed by atoms with Crippen molar-refractivity contribution in [3.05, 3.63) is 24.3 Å². The van der Waals surface area contributed by atoms with Crippen LogP contribution in [0.25, 0.3) is 0 Å². The highest BCUT2D eigenvalue weighted by Gasteiger charge is 2.14. The van der Waals surface area contributed by atoms with Crippen LogP contribution in [0.1, 0.15) is 39.0 Å². The predicted octanol–water partition coefficient (Wildman–Crippen LogP) is 3.02. The highest BCUT2D eigenvalue weighted by atomic mass is 16.5. The fraction of sp³-hybridized carbons (Fsp3) is 0.632. The van der Waals surface area contributed by atoms with Crippen molar-refractivity contribution in [3.63, 3.8) is 0 Å². The molecule has 1 aliphatic heterocycles. The number of anilines is 2. The number of hydrogen-bond donors (Lipinski definition) is 2. The molecule has 1 aromatic rings. The Bertz CT molecular complexity index is 485. The van der Waals surface area contributed by atoms with Crippen molar-refractivity contribution in [1.29, 1.82) is 0 Å². The molecule has 0 unspecified atom stereocenters. The molecule has 2 rings (SSSR count). The summed E-state index contributed by atoms with van der Waals surface area (Å²) in [7, 11) is 0. The van der Waals surface area contributed by atoms with Gasteiger partial charge < -0.3 is 20.3 Å². The third kappa shape index (κ3) is 6.49. The fourth-order valence-corrected chi connectivity index (χ4v) is 3.01. The van der Waals surface area contributed by atoms with Gasteiger partial charge in [0.15, 0.2) is 0 Å². The largest absolute Gasteiger partial charge is 0.382 e. The van der Waals surface area contributed by atoms with Gasteiger partial charge in [0.2, 0.25) is 5.91 Å². The molecule has 1 aromatic carbocycles. The van der Waals surface area contributed by atoms with E-state index < -0.39 is 0 Å². The van der Waals surface area contributed by atoms with E-state index in [0.29, 0.717) is 6.54 Å². The topological polar surface area (TPSA) is 53.6 Å². The molecular weight excluding hydrogens is 302 g/mol. The van der Waals surface area contributed by atoms with E-state index in [1.54, 1.807) is 0 Å². The molecule has 0 saturated carbocycles. The number of rotatable bonds is 9. The van der Waals surface area contributed by atoms with Crippen LogP contribution < -0.4 is 15.5 Å². The van der Waals surface area contributed by atoms with Crippen LogP contribution in [-0.2, 0) is 9.53 Å². The Labute approximate surface area is 145 Å². The molecule has 0 bridgehead atoms. The second-order valence-electron chi connectivity index (χ2n) is 6.19. The van der Waals surface area contributed by atoms with Gasteiger partial charge in [-0.25, -0.2) is 0 Å². The van der Waals surface area contributed by atoms with Gasteiger partial charge in [0.25, 0.3) is 0 Å². The van der Waals surface area contributed by atoms with Crippen LogP contribution >= 0.6 is 0 Å². The summed E-state index contributed by atoms with van der Waals surface area (Å²) in [4.78, 5) is 14.6. The van der Waals surface area contributed by atoms with Crippen molar-refractivity contribution in [2.75, 3.05) is 49.6 Å². The highest BCUT2D eigenvalue weighted by Crippen LogP contribution is 2.27. The van der Waals surface area contributed by atoms with Crippen molar-refractivity contribution in [3.8, 4) is 0 Å². The van der Waals surface area contributed by atoms with E-state index in [1.807, 2.05) is 25.1 Å². The maximum atomic E-state index is 12.2. The number of nitrogens with one attached hydrogen (secondary N) is 2. The van der Waals surface area contributed by atoms with Gasteiger partial charge in [-0.05, 0) is 44.9 Å². The number of carbonyl (C=O) groups excluding carboxylic acids is 1. The number of carbonyl (C=O) groups is 1. The average Bonchev–Trinajstić information content (AvgIpc) is 2.88. The summed E-state index contributed by atoms with van der Waals surface area (Å²) in [6.45, 7) is 6.74. The first-order chi connectivity index (χ1) is 11.8. The number of hydrogen-bond acceptors (Lipinski definition) is 4. The average molecular weight is 333 g/mol. The first kappa shape index (κ1) is 18.7. The van der Waals surface area contributed by atoms with Crippen LogP contribution in [0.15, 0.2) is 24.3 Å². The van der Waals surface area contributed by atoms with Crippen molar-refractivity contribution in [1.82, 2.24) is 5.32 Å². The van der Waals surface area contributed by atoms with E-state index in [1.165, 1.54) is 25.7 Å². The molecule has 5 heteroatoms. The maximum absolute atomic E-state index is 12.2. The predicted molar refractivity (Wildman–Crippen MR) is 99.7 cm³/mol. The van der Waals surface area contributed by atoms with E-state index in [0.717, 1.165) is 50.6 Å². The molecule has 1 aliphatic rings. The Kier molecular flexibility index (Phi) is 8.63. The van der Waals surface area contributed by atoms with Crippen LogP contribution in [0.3, 0.4) is 0 Å². The summed E-state index contributed by atoms with van der Waals surface area (Å²) in [5.41, 5.74) is 2.06. The van der Waals surface area contributed by atoms with Crippen molar-refractivity contribution in [2.24, 2.45) is 0 Å². The molecule has 0 spiro atoms. The quantitative estimate of drug-likeness (QED) is 0.682. The zero-order valence-electron chi connectivity index (χ0n) is 14.9. The lowest BCUT2D eigenvalue weighted by Gasteiger charge is -2.25. The molecule has 2 N–H and O–H groups in total. The Morgan fingerprint density at radius 1 is 1.17 bits per heavy atom. The van der Waals surface area contributed by atoms with Gasteiger partial charge in [0.05, 0.1) is 17.9 Å². The van der Waals surface area contributed by atoms with Crippen molar-refractivity contribution in [2.45, 2.75) is 39.0 Å². The zero-order chi connectivity index (χ0) is 17.0. The third-order valence-electron chi connectivity index (χ3n) is 4.26. The molecule has 1 saturated heterocycles. The molecule has 134 valence electrons. The summed E-state index contributed by atoms with van der Waals surface area (Å²) in [5.74, 6) is 0.00804. The molecule has 1 amide bonds. The van der Waals surface area contributed by atoms with E-state index in [-0.39, 0.29) is 5.91 Å². The molecule has 0 radical (unpaired) electrons. The summed E-state index contributed by atoms with van der Waals surface area (Å²) < 4.78 is 5.28. The number of nitrogens with zero attached hydrogens (tertiary/aromatic N) is 1. The van der Waals surface area contributed by atoms with Crippen molar-refractivity contribution >= 4 is 17.3 Å². The first-order valence-corrected chi connectivity index (χ1v) is 9.23. The minimum atomic E-state index is 0.00804. The van der Waals surface area contributed by atoms with Gasteiger partial charge >= 0.3 is 0 Å². The molecule has 0 atom stereocenters.